The lowest BCUT2D eigenvalue weighted by Crippen LogP contribution is -2.45. The maximum absolute atomic E-state index is 12.1. The number of fused-ring (bicyclic) bond motifs is 1. The van der Waals surface area contributed by atoms with E-state index < -0.39 is 0 Å². The summed E-state index contributed by atoms with van der Waals surface area (Å²) < 4.78 is 6.55. The van der Waals surface area contributed by atoms with E-state index in [0.717, 1.165) is 41.4 Å². The Labute approximate surface area is 131 Å². The van der Waals surface area contributed by atoms with Crippen LogP contribution in [0.3, 0.4) is 0 Å². The molecule has 1 saturated heterocycles. The summed E-state index contributed by atoms with van der Waals surface area (Å²) in [6.07, 6.45) is 2.11. The largest absolute Gasteiger partial charge is 0.451 e. The van der Waals surface area contributed by atoms with Gasteiger partial charge in [0.25, 0.3) is 5.91 Å². The lowest BCUT2D eigenvalue weighted by molar-refractivity contribution is 0.0905. The van der Waals surface area contributed by atoms with Crippen LogP contribution in [-0.4, -0.2) is 25.0 Å². The van der Waals surface area contributed by atoms with Gasteiger partial charge >= 0.3 is 0 Å². The van der Waals surface area contributed by atoms with E-state index in [1.165, 1.54) is 0 Å². The van der Waals surface area contributed by atoms with Crippen molar-refractivity contribution in [2.45, 2.75) is 18.9 Å². The molecule has 6 heteroatoms. The Hall–Kier alpha value is -1.04. The molecule has 1 aliphatic rings. The van der Waals surface area contributed by atoms with Gasteiger partial charge in [-0.3, -0.25) is 4.79 Å². The van der Waals surface area contributed by atoms with Gasteiger partial charge in [0, 0.05) is 22.4 Å². The van der Waals surface area contributed by atoms with Gasteiger partial charge in [-0.05, 0) is 43.7 Å². The molecule has 0 saturated carbocycles. The minimum Gasteiger partial charge on any atom is -0.451 e. The average molecular weight is 360 g/mol. The van der Waals surface area contributed by atoms with E-state index >= 15 is 0 Å². The fourth-order valence-electron chi connectivity index (χ4n) is 2.36. The van der Waals surface area contributed by atoms with Crippen LogP contribution in [0.4, 0.5) is 0 Å². The van der Waals surface area contributed by atoms with Gasteiger partial charge in [0.2, 0.25) is 0 Å². The van der Waals surface area contributed by atoms with Crippen LogP contribution in [0, 0.1) is 0 Å². The van der Waals surface area contributed by atoms with Crippen molar-refractivity contribution in [3.63, 3.8) is 0 Å². The van der Waals surface area contributed by atoms with E-state index in [1.807, 2.05) is 18.2 Å². The fraction of sp³-hybridized carbons (Fsp3) is 0.357. The summed E-state index contributed by atoms with van der Waals surface area (Å²) >= 11 is 3.41. The van der Waals surface area contributed by atoms with Gasteiger partial charge in [0.05, 0.1) is 0 Å². The number of benzene rings is 1. The van der Waals surface area contributed by atoms with E-state index in [9.17, 15) is 4.79 Å². The Bertz CT molecular complexity index is 608. The van der Waals surface area contributed by atoms with Crippen molar-refractivity contribution in [1.29, 1.82) is 0 Å². The quantitative estimate of drug-likeness (QED) is 0.866. The molecule has 1 aliphatic heterocycles. The molecule has 0 radical (unpaired) electrons. The fourth-order valence-corrected chi connectivity index (χ4v) is 2.74. The maximum atomic E-state index is 12.1. The summed E-state index contributed by atoms with van der Waals surface area (Å²) in [5.41, 5.74) is 0.732. The Morgan fingerprint density at radius 2 is 2.25 bits per heavy atom. The first-order valence-corrected chi connectivity index (χ1v) is 7.22. The highest BCUT2D eigenvalue weighted by atomic mass is 79.9. The monoisotopic (exact) mass is 358 g/mol. The first-order valence-electron chi connectivity index (χ1n) is 6.43. The van der Waals surface area contributed by atoms with Crippen LogP contribution >= 0.6 is 28.3 Å². The van der Waals surface area contributed by atoms with Crippen molar-refractivity contribution in [3.05, 3.63) is 34.5 Å². The Morgan fingerprint density at radius 3 is 3.00 bits per heavy atom. The SMILES string of the molecule is Cl.O=C(NC1CCCNC1)c1cc2cc(Br)ccc2o1. The van der Waals surface area contributed by atoms with Gasteiger partial charge in [0.1, 0.15) is 5.58 Å². The van der Waals surface area contributed by atoms with E-state index in [4.69, 9.17) is 4.42 Å². The molecule has 2 N–H and O–H groups in total. The molecule has 1 aromatic carbocycles. The summed E-state index contributed by atoms with van der Waals surface area (Å²) in [5.74, 6) is 0.236. The minimum atomic E-state index is -0.138. The lowest BCUT2D eigenvalue weighted by atomic mass is 10.1. The molecule has 0 spiro atoms. The summed E-state index contributed by atoms with van der Waals surface area (Å²) in [4.78, 5) is 12.1. The van der Waals surface area contributed by atoms with Crippen LogP contribution in [0.25, 0.3) is 11.0 Å². The van der Waals surface area contributed by atoms with E-state index in [-0.39, 0.29) is 24.4 Å². The summed E-state index contributed by atoms with van der Waals surface area (Å²) in [7, 11) is 0. The zero-order chi connectivity index (χ0) is 13.2. The predicted molar refractivity (Wildman–Crippen MR) is 84.5 cm³/mol. The molecule has 0 aliphatic carbocycles. The van der Waals surface area contributed by atoms with Crippen LogP contribution in [0.15, 0.2) is 33.2 Å². The normalized spacial score (nSPS) is 18.6. The minimum absolute atomic E-state index is 0. The molecule has 1 fully saturated rings. The summed E-state index contributed by atoms with van der Waals surface area (Å²) in [6, 6.07) is 7.68. The van der Waals surface area contributed by atoms with Crippen molar-refractivity contribution in [3.8, 4) is 0 Å². The molecule has 1 aromatic heterocycles. The average Bonchev–Trinajstić information content (AvgIpc) is 2.83. The third-order valence-electron chi connectivity index (χ3n) is 3.33. The molecule has 108 valence electrons. The number of piperidine rings is 1. The Kier molecular flexibility index (Phi) is 5.07. The molecule has 20 heavy (non-hydrogen) atoms. The first-order chi connectivity index (χ1) is 9.22. The zero-order valence-corrected chi connectivity index (χ0v) is 13.2. The highest BCUT2D eigenvalue weighted by Crippen LogP contribution is 2.23. The molecule has 2 heterocycles. The number of furan rings is 1. The van der Waals surface area contributed by atoms with Crippen LogP contribution in [-0.2, 0) is 0 Å². The van der Waals surface area contributed by atoms with Gasteiger partial charge in [-0.1, -0.05) is 15.9 Å². The topological polar surface area (TPSA) is 54.3 Å². The second-order valence-corrected chi connectivity index (χ2v) is 5.73. The number of carbonyl (C=O) groups excluding carboxylic acids is 1. The van der Waals surface area contributed by atoms with Crippen LogP contribution in [0.2, 0.25) is 0 Å². The summed E-state index contributed by atoms with van der Waals surface area (Å²) in [5, 5.41) is 7.21. The number of rotatable bonds is 2. The van der Waals surface area contributed by atoms with Gasteiger partial charge in [-0.25, -0.2) is 0 Å². The van der Waals surface area contributed by atoms with Crippen LogP contribution in [0.5, 0.6) is 0 Å². The maximum Gasteiger partial charge on any atom is 0.287 e. The molecule has 1 atom stereocenters. The van der Waals surface area contributed by atoms with E-state index in [1.54, 1.807) is 6.07 Å². The van der Waals surface area contributed by atoms with Crippen molar-refractivity contribution >= 4 is 45.2 Å². The zero-order valence-electron chi connectivity index (χ0n) is 10.8. The highest BCUT2D eigenvalue weighted by molar-refractivity contribution is 9.10. The molecule has 2 aromatic rings. The van der Waals surface area contributed by atoms with Crippen molar-refractivity contribution < 1.29 is 9.21 Å². The molecule has 0 bridgehead atoms. The third kappa shape index (κ3) is 3.34. The second-order valence-electron chi connectivity index (χ2n) is 4.81. The molecule has 4 nitrogen and oxygen atoms in total. The number of amides is 1. The molecular weight excluding hydrogens is 344 g/mol. The van der Waals surface area contributed by atoms with Crippen molar-refractivity contribution in [2.24, 2.45) is 0 Å². The summed E-state index contributed by atoms with van der Waals surface area (Å²) in [6.45, 7) is 1.86. The molecule has 1 unspecified atom stereocenters. The van der Waals surface area contributed by atoms with Crippen molar-refractivity contribution in [1.82, 2.24) is 10.6 Å². The first kappa shape index (κ1) is 15.4. The van der Waals surface area contributed by atoms with E-state index in [2.05, 4.69) is 26.6 Å². The second kappa shape index (κ2) is 6.61. The van der Waals surface area contributed by atoms with Gasteiger partial charge < -0.3 is 15.1 Å². The molecular formula is C14H16BrClN2O2. The van der Waals surface area contributed by atoms with E-state index in [0.29, 0.717) is 5.76 Å². The number of hydrogen-bond donors (Lipinski definition) is 2. The molecule has 1 amide bonds. The highest BCUT2D eigenvalue weighted by Gasteiger charge is 2.18. The van der Waals surface area contributed by atoms with Gasteiger partial charge in [-0.15, -0.1) is 12.4 Å². The van der Waals surface area contributed by atoms with Gasteiger partial charge in [0.15, 0.2) is 5.76 Å². The van der Waals surface area contributed by atoms with Crippen LogP contribution in [0.1, 0.15) is 23.4 Å². The third-order valence-corrected chi connectivity index (χ3v) is 3.83. The Balaban J connectivity index is 0.00000147. The molecule has 3 rings (SSSR count). The predicted octanol–water partition coefficient (Wildman–Crippen LogP) is 3.10. The number of hydrogen-bond acceptors (Lipinski definition) is 3. The lowest BCUT2D eigenvalue weighted by Gasteiger charge is -2.23. The smallest absolute Gasteiger partial charge is 0.287 e. The van der Waals surface area contributed by atoms with Gasteiger partial charge in [-0.2, -0.15) is 0 Å². The number of halogens is 2. The van der Waals surface area contributed by atoms with Crippen molar-refractivity contribution in [2.75, 3.05) is 13.1 Å². The number of nitrogens with one attached hydrogen (secondary N) is 2. The standard InChI is InChI=1S/C14H15BrN2O2.ClH/c15-10-3-4-12-9(6-10)7-13(19-12)14(18)17-11-2-1-5-16-8-11;/h3-4,6-7,11,16H,1-2,5,8H2,(H,17,18);1H. The Morgan fingerprint density at radius 1 is 1.40 bits per heavy atom. The van der Waals surface area contributed by atoms with Crippen LogP contribution < -0.4 is 10.6 Å². The number of carbonyl (C=O) groups is 1.